The van der Waals surface area contributed by atoms with Crippen molar-refractivity contribution in [3.63, 3.8) is 0 Å². The predicted octanol–water partition coefficient (Wildman–Crippen LogP) is 3.25. The van der Waals surface area contributed by atoms with Crippen molar-refractivity contribution >= 4 is 17.2 Å². The molecular formula is C14H21NOS. The van der Waals surface area contributed by atoms with Gasteiger partial charge in [0.05, 0.1) is 0 Å². The summed E-state index contributed by atoms with van der Waals surface area (Å²) < 4.78 is 0. The van der Waals surface area contributed by atoms with Crippen molar-refractivity contribution in [1.29, 1.82) is 0 Å². The Bertz CT molecular complexity index is 424. The number of carbonyl (C=O) groups is 1. The molecule has 17 heavy (non-hydrogen) atoms. The number of carbonyl (C=O) groups excluding carboxylic acids is 1. The summed E-state index contributed by atoms with van der Waals surface area (Å²) in [5.74, 6) is 0.808. The fraction of sp³-hybridized carbons (Fsp3) is 0.643. The fourth-order valence-electron chi connectivity index (χ4n) is 2.65. The summed E-state index contributed by atoms with van der Waals surface area (Å²) in [4.78, 5) is 14.4. The van der Waals surface area contributed by atoms with Crippen LogP contribution < -0.4 is 5.32 Å². The predicted molar refractivity (Wildman–Crippen MR) is 72.4 cm³/mol. The Balaban J connectivity index is 2.29. The van der Waals surface area contributed by atoms with E-state index >= 15 is 0 Å². The monoisotopic (exact) mass is 251 g/mol. The van der Waals surface area contributed by atoms with Crippen molar-refractivity contribution in [2.24, 2.45) is 5.92 Å². The molecule has 1 amide bonds. The molecule has 2 heterocycles. The summed E-state index contributed by atoms with van der Waals surface area (Å²) in [7, 11) is 0. The minimum absolute atomic E-state index is 0.0136. The molecule has 2 unspecified atom stereocenters. The first-order valence-electron chi connectivity index (χ1n) is 6.28. The van der Waals surface area contributed by atoms with E-state index in [0.29, 0.717) is 12.3 Å². The first kappa shape index (κ1) is 12.6. The summed E-state index contributed by atoms with van der Waals surface area (Å²) >= 11 is 1.82. The SMILES string of the molecule is Cc1ccc(C2(C)CC(=O)NC2CC(C)C)s1. The summed E-state index contributed by atoms with van der Waals surface area (Å²) in [5, 5.41) is 3.15. The molecule has 0 saturated carbocycles. The quantitative estimate of drug-likeness (QED) is 0.878. The van der Waals surface area contributed by atoms with Crippen LogP contribution in [0, 0.1) is 12.8 Å². The third-order valence-corrected chi connectivity index (χ3v) is 4.92. The van der Waals surface area contributed by atoms with Gasteiger partial charge in [0.25, 0.3) is 0 Å². The first-order chi connectivity index (χ1) is 7.91. The zero-order valence-corrected chi connectivity index (χ0v) is 11.9. The molecule has 0 spiro atoms. The lowest BCUT2D eigenvalue weighted by Crippen LogP contribution is -2.38. The van der Waals surface area contributed by atoms with Gasteiger partial charge in [-0.3, -0.25) is 4.79 Å². The molecule has 1 aliphatic rings. The zero-order valence-electron chi connectivity index (χ0n) is 11.0. The molecule has 3 heteroatoms. The van der Waals surface area contributed by atoms with E-state index in [-0.39, 0.29) is 17.4 Å². The lowest BCUT2D eigenvalue weighted by atomic mass is 9.78. The minimum Gasteiger partial charge on any atom is -0.352 e. The molecule has 2 rings (SSSR count). The molecule has 1 aromatic heterocycles. The lowest BCUT2D eigenvalue weighted by Gasteiger charge is -2.30. The average molecular weight is 251 g/mol. The molecular weight excluding hydrogens is 230 g/mol. The summed E-state index contributed by atoms with van der Waals surface area (Å²) in [6, 6.07) is 4.63. The Kier molecular flexibility index (Phi) is 3.30. The van der Waals surface area contributed by atoms with Crippen molar-refractivity contribution in [3.05, 3.63) is 21.9 Å². The van der Waals surface area contributed by atoms with Gasteiger partial charge in [-0.25, -0.2) is 0 Å². The molecule has 2 nitrogen and oxygen atoms in total. The van der Waals surface area contributed by atoms with Crippen LogP contribution >= 0.6 is 11.3 Å². The largest absolute Gasteiger partial charge is 0.352 e. The highest BCUT2D eigenvalue weighted by Crippen LogP contribution is 2.41. The number of amides is 1. The highest BCUT2D eigenvalue weighted by molar-refractivity contribution is 7.12. The van der Waals surface area contributed by atoms with Gasteiger partial charge in [-0.05, 0) is 31.4 Å². The number of thiophene rings is 1. The molecule has 0 bridgehead atoms. The van der Waals surface area contributed by atoms with Crippen molar-refractivity contribution in [1.82, 2.24) is 5.32 Å². The smallest absolute Gasteiger partial charge is 0.221 e. The number of aryl methyl sites for hydroxylation is 1. The maximum absolute atomic E-state index is 11.7. The van der Waals surface area contributed by atoms with E-state index < -0.39 is 0 Å². The van der Waals surface area contributed by atoms with E-state index in [4.69, 9.17) is 0 Å². The van der Waals surface area contributed by atoms with E-state index in [0.717, 1.165) is 6.42 Å². The van der Waals surface area contributed by atoms with Crippen molar-refractivity contribution < 1.29 is 4.79 Å². The minimum atomic E-state index is -0.0136. The van der Waals surface area contributed by atoms with E-state index in [1.54, 1.807) is 0 Å². The number of hydrogen-bond acceptors (Lipinski definition) is 2. The van der Waals surface area contributed by atoms with Crippen LogP contribution in [0.2, 0.25) is 0 Å². The third kappa shape index (κ3) is 2.39. The Morgan fingerprint density at radius 3 is 2.76 bits per heavy atom. The van der Waals surface area contributed by atoms with Gasteiger partial charge in [-0.1, -0.05) is 20.8 Å². The molecule has 1 aromatic rings. The first-order valence-corrected chi connectivity index (χ1v) is 7.10. The molecule has 0 aromatic carbocycles. The second kappa shape index (κ2) is 4.45. The van der Waals surface area contributed by atoms with Crippen molar-refractivity contribution in [2.75, 3.05) is 0 Å². The second-order valence-electron chi connectivity index (χ2n) is 5.75. The molecule has 0 aliphatic carbocycles. The molecule has 1 N–H and O–H groups in total. The van der Waals surface area contributed by atoms with Crippen molar-refractivity contribution in [3.8, 4) is 0 Å². The Hall–Kier alpha value is -0.830. The Labute approximate surface area is 107 Å². The van der Waals surface area contributed by atoms with E-state index in [1.165, 1.54) is 9.75 Å². The molecule has 0 radical (unpaired) electrons. The summed E-state index contributed by atoms with van der Waals surface area (Å²) in [6.45, 7) is 8.78. The van der Waals surface area contributed by atoms with Gasteiger partial charge in [-0.15, -0.1) is 11.3 Å². The van der Waals surface area contributed by atoms with Gasteiger partial charge < -0.3 is 5.32 Å². The van der Waals surface area contributed by atoms with Gasteiger partial charge in [-0.2, -0.15) is 0 Å². The standard InChI is InChI=1S/C14H21NOS/c1-9(2)7-11-14(4,8-13(16)15-11)12-6-5-10(3)17-12/h5-6,9,11H,7-8H2,1-4H3,(H,15,16). The highest BCUT2D eigenvalue weighted by Gasteiger charge is 2.45. The van der Waals surface area contributed by atoms with Crippen molar-refractivity contribution in [2.45, 2.75) is 52.0 Å². The topological polar surface area (TPSA) is 29.1 Å². The second-order valence-corrected chi connectivity index (χ2v) is 7.04. The van der Waals surface area contributed by atoms with E-state index in [2.05, 4.69) is 45.1 Å². The fourth-order valence-corrected chi connectivity index (χ4v) is 3.72. The van der Waals surface area contributed by atoms with Gasteiger partial charge >= 0.3 is 0 Å². The van der Waals surface area contributed by atoms with Crippen LogP contribution in [0.3, 0.4) is 0 Å². The lowest BCUT2D eigenvalue weighted by molar-refractivity contribution is -0.119. The number of hydrogen-bond donors (Lipinski definition) is 1. The van der Waals surface area contributed by atoms with Crippen LogP contribution in [0.5, 0.6) is 0 Å². The van der Waals surface area contributed by atoms with E-state index in [1.807, 2.05) is 11.3 Å². The maximum atomic E-state index is 11.7. The number of rotatable bonds is 3. The summed E-state index contributed by atoms with van der Waals surface area (Å²) in [6.07, 6.45) is 1.68. The van der Waals surface area contributed by atoms with E-state index in [9.17, 15) is 4.79 Å². The van der Waals surface area contributed by atoms with Gasteiger partial charge in [0.2, 0.25) is 5.91 Å². The molecule has 1 saturated heterocycles. The summed E-state index contributed by atoms with van der Waals surface area (Å²) in [5.41, 5.74) is -0.0136. The molecule has 94 valence electrons. The van der Waals surface area contributed by atoms with Crippen LogP contribution in [-0.4, -0.2) is 11.9 Å². The zero-order chi connectivity index (χ0) is 12.6. The van der Waals surface area contributed by atoms with Gasteiger partial charge in [0, 0.05) is 27.6 Å². The van der Waals surface area contributed by atoms with Crippen LogP contribution in [0.25, 0.3) is 0 Å². The molecule has 2 atom stereocenters. The molecule has 1 aliphatic heterocycles. The van der Waals surface area contributed by atoms with Crippen LogP contribution in [0.15, 0.2) is 12.1 Å². The van der Waals surface area contributed by atoms with Gasteiger partial charge in [0.1, 0.15) is 0 Å². The highest BCUT2D eigenvalue weighted by atomic mass is 32.1. The van der Waals surface area contributed by atoms with Crippen LogP contribution in [0.4, 0.5) is 0 Å². The van der Waals surface area contributed by atoms with Crippen LogP contribution in [-0.2, 0) is 10.2 Å². The number of nitrogens with one attached hydrogen (secondary N) is 1. The Morgan fingerprint density at radius 1 is 1.53 bits per heavy atom. The Morgan fingerprint density at radius 2 is 2.24 bits per heavy atom. The average Bonchev–Trinajstić information content (AvgIpc) is 2.72. The van der Waals surface area contributed by atoms with Crippen LogP contribution in [0.1, 0.15) is 43.4 Å². The molecule has 1 fully saturated rings. The van der Waals surface area contributed by atoms with Gasteiger partial charge in [0.15, 0.2) is 0 Å². The normalized spacial score (nSPS) is 28.8. The third-order valence-electron chi connectivity index (χ3n) is 3.64. The maximum Gasteiger partial charge on any atom is 0.221 e.